The molecule has 0 unspecified atom stereocenters. The van der Waals surface area contributed by atoms with Gasteiger partial charge in [-0.15, -0.1) is 0 Å². The lowest BCUT2D eigenvalue weighted by atomic mass is 10.0. The highest BCUT2D eigenvalue weighted by molar-refractivity contribution is 5.93. The van der Waals surface area contributed by atoms with Gasteiger partial charge in [0.25, 0.3) is 5.91 Å². The zero-order chi connectivity index (χ0) is 12.9. The summed E-state index contributed by atoms with van der Waals surface area (Å²) in [6, 6.07) is 5.41. The summed E-state index contributed by atoms with van der Waals surface area (Å²) in [5, 5.41) is 6.05. The van der Waals surface area contributed by atoms with Gasteiger partial charge in [-0.05, 0) is 39.3 Å². The first-order valence-corrected chi connectivity index (χ1v) is 6.02. The van der Waals surface area contributed by atoms with E-state index in [1.54, 1.807) is 6.07 Å². The highest BCUT2D eigenvalue weighted by atomic mass is 16.2. The van der Waals surface area contributed by atoms with E-state index >= 15 is 0 Å². The second-order valence-corrected chi connectivity index (χ2v) is 4.63. The molecule has 0 aromatic carbocycles. The molecule has 4 heteroatoms. The summed E-state index contributed by atoms with van der Waals surface area (Å²) in [4.78, 5) is 16.2. The summed E-state index contributed by atoms with van der Waals surface area (Å²) in [7, 11) is 0. The molecule has 0 aliphatic carbocycles. The summed E-state index contributed by atoms with van der Waals surface area (Å²) in [6.45, 7) is 8.83. The molecule has 0 fully saturated rings. The number of amides is 1. The van der Waals surface area contributed by atoms with Crippen molar-refractivity contribution in [1.82, 2.24) is 10.3 Å². The molecular formula is C13H21N3O. The van der Waals surface area contributed by atoms with E-state index in [0.717, 1.165) is 18.8 Å². The van der Waals surface area contributed by atoms with Crippen molar-refractivity contribution in [3.8, 4) is 0 Å². The van der Waals surface area contributed by atoms with Crippen LogP contribution in [-0.2, 0) is 0 Å². The van der Waals surface area contributed by atoms with Gasteiger partial charge in [0.15, 0.2) is 0 Å². The average Bonchev–Trinajstić information content (AvgIpc) is 2.29. The summed E-state index contributed by atoms with van der Waals surface area (Å²) >= 11 is 0. The van der Waals surface area contributed by atoms with Crippen LogP contribution in [0.5, 0.6) is 0 Å². The minimum atomic E-state index is -0.201. The van der Waals surface area contributed by atoms with Gasteiger partial charge in [-0.3, -0.25) is 4.79 Å². The molecule has 17 heavy (non-hydrogen) atoms. The molecular weight excluding hydrogens is 214 g/mol. The van der Waals surface area contributed by atoms with E-state index < -0.39 is 0 Å². The average molecular weight is 235 g/mol. The Morgan fingerprint density at radius 2 is 2.06 bits per heavy atom. The van der Waals surface area contributed by atoms with Gasteiger partial charge >= 0.3 is 0 Å². The number of aromatic nitrogens is 1. The minimum Gasteiger partial charge on any atom is -0.370 e. The lowest BCUT2D eigenvalue weighted by molar-refractivity contribution is 0.0906. The van der Waals surface area contributed by atoms with Gasteiger partial charge < -0.3 is 10.6 Å². The third kappa shape index (κ3) is 4.06. The zero-order valence-corrected chi connectivity index (χ0v) is 11.0. The van der Waals surface area contributed by atoms with Crippen molar-refractivity contribution in [2.45, 2.75) is 39.7 Å². The van der Waals surface area contributed by atoms with Crippen molar-refractivity contribution in [2.24, 2.45) is 0 Å². The number of carbonyl (C=O) groups is 1. The van der Waals surface area contributed by atoms with E-state index in [1.807, 2.05) is 39.8 Å². The maximum absolute atomic E-state index is 12.0. The van der Waals surface area contributed by atoms with Gasteiger partial charge in [0, 0.05) is 12.1 Å². The van der Waals surface area contributed by atoms with Crippen LogP contribution in [0.15, 0.2) is 18.2 Å². The van der Waals surface area contributed by atoms with Crippen molar-refractivity contribution < 1.29 is 4.79 Å². The Bertz CT molecular complexity index is 388. The molecule has 1 aromatic heterocycles. The Balaban J connectivity index is 2.78. The Kier molecular flexibility index (Phi) is 4.49. The molecule has 0 aliphatic rings. The molecule has 0 atom stereocenters. The van der Waals surface area contributed by atoms with E-state index in [9.17, 15) is 4.79 Å². The molecule has 1 amide bonds. The first-order valence-electron chi connectivity index (χ1n) is 6.02. The molecule has 0 saturated carbocycles. The number of nitrogens with zero attached hydrogens (tertiary/aromatic N) is 1. The Morgan fingerprint density at radius 1 is 1.35 bits per heavy atom. The van der Waals surface area contributed by atoms with Gasteiger partial charge in [0.1, 0.15) is 11.5 Å². The van der Waals surface area contributed by atoms with Gasteiger partial charge in [-0.1, -0.05) is 13.0 Å². The fraction of sp³-hybridized carbons (Fsp3) is 0.538. The maximum Gasteiger partial charge on any atom is 0.270 e. The number of pyridine rings is 1. The number of hydrogen-bond acceptors (Lipinski definition) is 3. The van der Waals surface area contributed by atoms with Crippen LogP contribution in [0, 0.1) is 0 Å². The van der Waals surface area contributed by atoms with Crippen LogP contribution in [0.1, 0.15) is 44.6 Å². The first kappa shape index (κ1) is 13.5. The lowest BCUT2D eigenvalue weighted by Crippen LogP contribution is -2.43. The lowest BCUT2D eigenvalue weighted by Gasteiger charge is -2.24. The molecule has 0 spiro atoms. The maximum atomic E-state index is 12.0. The molecule has 2 N–H and O–H groups in total. The van der Waals surface area contributed by atoms with Crippen LogP contribution < -0.4 is 10.6 Å². The highest BCUT2D eigenvalue weighted by Gasteiger charge is 2.19. The van der Waals surface area contributed by atoms with E-state index in [4.69, 9.17) is 0 Å². The number of hydrogen-bond donors (Lipinski definition) is 2. The van der Waals surface area contributed by atoms with Crippen LogP contribution in [0.25, 0.3) is 0 Å². The van der Waals surface area contributed by atoms with Gasteiger partial charge in [-0.2, -0.15) is 0 Å². The topological polar surface area (TPSA) is 54.0 Å². The van der Waals surface area contributed by atoms with E-state index in [2.05, 4.69) is 15.6 Å². The number of anilines is 1. The predicted molar refractivity (Wildman–Crippen MR) is 70.2 cm³/mol. The Morgan fingerprint density at radius 3 is 2.65 bits per heavy atom. The quantitative estimate of drug-likeness (QED) is 0.824. The summed E-state index contributed by atoms with van der Waals surface area (Å²) in [5.74, 6) is 0.603. The fourth-order valence-electron chi connectivity index (χ4n) is 1.30. The third-order valence-electron chi connectivity index (χ3n) is 2.68. The number of nitrogens with one attached hydrogen (secondary N) is 2. The van der Waals surface area contributed by atoms with Crippen molar-refractivity contribution in [3.63, 3.8) is 0 Å². The van der Waals surface area contributed by atoms with Crippen LogP contribution >= 0.6 is 0 Å². The normalized spacial score (nSPS) is 11.1. The molecule has 4 nitrogen and oxygen atoms in total. The Labute approximate surface area is 103 Å². The molecule has 1 heterocycles. The van der Waals surface area contributed by atoms with Crippen LogP contribution in [0.4, 0.5) is 5.82 Å². The molecule has 1 rings (SSSR count). The van der Waals surface area contributed by atoms with Crippen LogP contribution in [-0.4, -0.2) is 23.0 Å². The second kappa shape index (κ2) is 5.66. The van der Waals surface area contributed by atoms with Crippen molar-refractivity contribution >= 4 is 11.7 Å². The number of rotatable bonds is 5. The van der Waals surface area contributed by atoms with Crippen LogP contribution in [0.3, 0.4) is 0 Å². The molecule has 94 valence electrons. The second-order valence-electron chi connectivity index (χ2n) is 4.63. The summed E-state index contributed by atoms with van der Waals surface area (Å²) in [5.41, 5.74) is 0.248. The third-order valence-corrected chi connectivity index (χ3v) is 2.68. The largest absolute Gasteiger partial charge is 0.370 e. The van der Waals surface area contributed by atoms with Gasteiger partial charge in [-0.25, -0.2) is 4.98 Å². The zero-order valence-electron chi connectivity index (χ0n) is 11.0. The molecule has 0 radical (unpaired) electrons. The van der Waals surface area contributed by atoms with Crippen molar-refractivity contribution in [1.29, 1.82) is 0 Å². The highest BCUT2D eigenvalue weighted by Crippen LogP contribution is 2.10. The molecule has 0 saturated heterocycles. The molecule has 0 aliphatic heterocycles. The van der Waals surface area contributed by atoms with Crippen LogP contribution in [0.2, 0.25) is 0 Å². The van der Waals surface area contributed by atoms with Gasteiger partial charge in [0.05, 0.1) is 0 Å². The smallest absolute Gasteiger partial charge is 0.270 e. The van der Waals surface area contributed by atoms with Crippen molar-refractivity contribution in [2.75, 3.05) is 11.9 Å². The minimum absolute atomic E-state index is 0.128. The monoisotopic (exact) mass is 235 g/mol. The van der Waals surface area contributed by atoms with E-state index in [0.29, 0.717) is 5.69 Å². The predicted octanol–water partition coefficient (Wildman–Crippen LogP) is 2.43. The summed E-state index contributed by atoms with van der Waals surface area (Å²) in [6.07, 6.45) is 0.881. The molecule has 0 bridgehead atoms. The number of carbonyl (C=O) groups excluding carboxylic acids is 1. The standard InChI is InChI=1S/C13H21N3O/c1-5-13(3,4)16-12(17)10-8-7-9-11(15-10)14-6-2/h7-9H,5-6H2,1-4H3,(H,14,15)(H,16,17). The first-order chi connectivity index (χ1) is 7.98. The van der Waals surface area contributed by atoms with Crippen molar-refractivity contribution in [3.05, 3.63) is 23.9 Å². The van der Waals surface area contributed by atoms with Gasteiger partial charge in [0.2, 0.25) is 0 Å². The fourth-order valence-corrected chi connectivity index (χ4v) is 1.30. The van der Waals surface area contributed by atoms with E-state index in [-0.39, 0.29) is 11.4 Å². The molecule has 1 aromatic rings. The van der Waals surface area contributed by atoms with E-state index in [1.165, 1.54) is 0 Å². The Hall–Kier alpha value is -1.58. The summed E-state index contributed by atoms with van der Waals surface area (Å²) < 4.78 is 0. The SMILES string of the molecule is CCNc1cccc(C(=O)NC(C)(C)CC)n1.